The molecule has 0 radical (unpaired) electrons. The Labute approximate surface area is 89.0 Å². The number of aromatic nitrogens is 1. The van der Waals surface area contributed by atoms with Crippen molar-refractivity contribution in [3.05, 3.63) is 33.2 Å². The highest BCUT2D eigenvalue weighted by Crippen LogP contribution is 2.25. The molecule has 0 fully saturated rings. The summed E-state index contributed by atoms with van der Waals surface area (Å²) in [5.41, 5.74) is 2.35. The molecule has 0 spiro atoms. The largest absolute Gasteiger partial charge is 0.317 e. The molecule has 0 amide bonds. The van der Waals surface area contributed by atoms with Gasteiger partial charge in [-0.25, -0.2) is 0 Å². The van der Waals surface area contributed by atoms with E-state index in [1.807, 2.05) is 12.3 Å². The van der Waals surface area contributed by atoms with Crippen molar-refractivity contribution in [2.75, 3.05) is 0 Å². The number of rotatable bonds is 0. The SMILES string of the molecule is CC1CCc2c(cn(C)c(=O)c2C#N)C1. The predicted molar refractivity (Wildman–Crippen MR) is 57.6 cm³/mol. The zero-order valence-electron chi connectivity index (χ0n) is 9.08. The summed E-state index contributed by atoms with van der Waals surface area (Å²) in [7, 11) is 1.71. The number of fused-ring (bicyclic) bond motifs is 1. The van der Waals surface area contributed by atoms with Crippen molar-refractivity contribution < 1.29 is 0 Å². The van der Waals surface area contributed by atoms with Crippen molar-refractivity contribution in [3.63, 3.8) is 0 Å². The Hall–Kier alpha value is -1.56. The van der Waals surface area contributed by atoms with E-state index in [-0.39, 0.29) is 5.56 Å². The van der Waals surface area contributed by atoms with Gasteiger partial charge >= 0.3 is 0 Å². The van der Waals surface area contributed by atoms with Gasteiger partial charge in [-0.15, -0.1) is 0 Å². The first kappa shape index (κ1) is 9.97. The molecule has 3 nitrogen and oxygen atoms in total. The Balaban J connectivity index is 2.67. The number of nitriles is 1. The molecule has 15 heavy (non-hydrogen) atoms. The van der Waals surface area contributed by atoms with Crippen molar-refractivity contribution in [2.45, 2.75) is 26.2 Å². The van der Waals surface area contributed by atoms with Gasteiger partial charge in [-0.05, 0) is 36.3 Å². The Kier molecular flexibility index (Phi) is 2.36. The van der Waals surface area contributed by atoms with E-state index in [0.717, 1.165) is 24.8 Å². The van der Waals surface area contributed by atoms with Crippen molar-refractivity contribution in [3.8, 4) is 6.07 Å². The van der Waals surface area contributed by atoms with E-state index >= 15 is 0 Å². The Morgan fingerprint density at radius 2 is 2.33 bits per heavy atom. The molecule has 2 rings (SSSR count). The molecule has 78 valence electrons. The summed E-state index contributed by atoms with van der Waals surface area (Å²) in [6.45, 7) is 2.21. The van der Waals surface area contributed by atoms with E-state index < -0.39 is 0 Å². The van der Waals surface area contributed by atoms with Gasteiger partial charge in [0, 0.05) is 13.2 Å². The quantitative estimate of drug-likeness (QED) is 0.638. The van der Waals surface area contributed by atoms with Crippen LogP contribution in [-0.2, 0) is 19.9 Å². The maximum Gasteiger partial charge on any atom is 0.268 e. The molecule has 0 N–H and O–H groups in total. The van der Waals surface area contributed by atoms with Crippen molar-refractivity contribution in [2.24, 2.45) is 13.0 Å². The zero-order valence-corrected chi connectivity index (χ0v) is 9.08. The minimum Gasteiger partial charge on any atom is -0.317 e. The minimum absolute atomic E-state index is 0.161. The summed E-state index contributed by atoms with van der Waals surface area (Å²) in [4.78, 5) is 11.7. The fraction of sp³-hybridized carbons (Fsp3) is 0.500. The average molecular weight is 202 g/mol. The van der Waals surface area contributed by atoms with Crippen LogP contribution in [0.15, 0.2) is 11.0 Å². The molecular formula is C12H14N2O. The monoisotopic (exact) mass is 202 g/mol. The van der Waals surface area contributed by atoms with E-state index in [0.29, 0.717) is 11.5 Å². The van der Waals surface area contributed by atoms with Gasteiger partial charge in [0.2, 0.25) is 0 Å². The fourth-order valence-corrected chi connectivity index (χ4v) is 2.28. The standard InChI is InChI=1S/C12H14N2O/c1-8-3-4-10-9(5-8)7-14(2)12(15)11(10)6-13/h7-8H,3-5H2,1-2H3. The number of nitrogens with zero attached hydrogens (tertiary/aromatic N) is 2. The summed E-state index contributed by atoms with van der Waals surface area (Å²) in [5, 5.41) is 9.00. The average Bonchev–Trinajstić information content (AvgIpc) is 2.20. The highest BCUT2D eigenvalue weighted by molar-refractivity contribution is 5.42. The summed E-state index contributed by atoms with van der Waals surface area (Å²) in [6.07, 6.45) is 4.82. The third-order valence-corrected chi connectivity index (χ3v) is 3.14. The van der Waals surface area contributed by atoms with Crippen LogP contribution in [0.25, 0.3) is 0 Å². The second-order valence-corrected chi connectivity index (χ2v) is 4.38. The second kappa shape index (κ2) is 3.54. The van der Waals surface area contributed by atoms with Crippen molar-refractivity contribution >= 4 is 0 Å². The lowest BCUT2D eigenvalue weighted by atomic mass is 9.84. The molecule has 1 aromatic rings. The number of aryl methyl sites for hydroxylation is 1. The molecule has 0 bridgehead atoms. The lowest BCUT2D eigenvalue weighted by Gasteiger charge is -2.22. The second-order valence-electron chi connectivity index (χ2n) is 4.38. The van der Waals surface area contributed by atoms with Crippen LogP contribution < -0.4 is 5.56 Å². The van der Waals surface area contributed by atoms with Gasteiger partial charge in [0.15, 0.2) is 0 Å². The molecule has 1 heterocycles. The van der Waals surface area contributed by atoms with Crippen LogP contribution in [0.5, 0.6) is 0 Å². The summed E-state index contributed by atoms with van der Waals surface area (Å²) >= 11 is 0. The smallest absolute Gasteiger partial charge is 0.268 e. The van der Waals surface area contributed by atoms with E-state index in [9.17, 15) is 4.79 Å². The molecule has 1 aliphatic carbocycles. The molecule has 0 aliphatic heterocycles. The van der Waals surface area contributed by atoms with Gasteiger partial charge in [-0.1, -0.05) is 6.92 Å². The molecule has 1 atom stereocenters. The molecule has 3 heteroatoms. The summed E-state index contributed by atoms with van der Waals surface area (Å²) in [6, 6.07) is 2.05. The van der Waals surface area contributed by atoms with Crippen LogP contribution in [0.1, 0.15) is 30.0 Å². The van der Waals surface area contributed by atoms with Gasteiger partial charge in [-0.3, -0.25) is 4.79 Å². The molecule has 0 saturated carbocycles. The lowest BCUT2D eigenvalue weighted by molar-refractivity contribution is 0.496. The molecule has 1 aliphatic rings. The maximum absolute atomic E-state index is 11.7. The third kappa shape index (κ3) is 1.56. The Morgan fingerprint density at radius 3 is 3.00 bits per heavy atom. The number of hydrogen-bond donors (Lipinski definition) is 0. The molecule has 0 saturated heterocycles. The van der Waals surface area contributed by atoms with Crippen molar-refractivity contribution in [1.29, 1.82) is 5.26 Å². The number of pyridine rings is 1. The van der Waals surface area contributed by atoms with Crippen LogP contribution in [0.2, 0.25) is 0 Å². The Morgan fingerprint density at radius 1 is 1.60 bits per heavy atom. The van der Waals surface area contributed by atoms with E-state index in [2.05, 4.69) is 6.92 Å². The molecule has 0 aromatic carbocycles. The van der Waals surface area contributed by atoms with Gasteiger partial charge in [0.25, 0.3) is 5.56 Å². The van der Waals surface area contributed by atoms with Gasteiger partial charge in [0.1, 0.15) is 11.6 Å². The first-order valence-electron chi connectivity index (χ1n) is 5.25. The van der Waals surface area contributed by atoms with E-state index in [1.54, 1.807) is 7.05 Å². The highest BCUT2D eigenvalue weighted by Gasteiger charge is 2.20. The van der Waals surface area contributed by atoms with Crippen molar-refractivity contribution in [1.82, 2.24) is 4.57 Å². The maximum atomic E-state index is 11.7. The van der Waals surface area contributed by atoms with Crippen LogP contribution in [-0.4, -0.2) is 4.57 Å². The zero-order chi connectivity index (χ0) is 11.0. The topological polar surface area (TPSA) is 45.8 Å². The lowest BCUT2D eigenvalue weighted by Crippen LogP contribution is -2.25. The molecular weight excluding hydrogens is 188 g/mol. The minimum atomic E-state index is -0.161. The summed E-state index contributed by atoms with van der Waals surface area (Å²) in [5.74, 6) is 0.654. The number of hydrogen-bond acceptors (Lipinski definition) is 2. The highest BCUT2D eigenvalue weighted by atomic mass is 16.1. The van der Waals surface area contributed by atoms with Crippen LogP contribution in [0, 0.1) is 17.2 Å². The van der Waals surface area contributed by atoms with Gasteiger partial charge < -0.3 is 4.57 Å². The van der Waals surface area contributed by atoms with Gasteiger partial charge in [0.05, 0.1) is 0 Å². The van der Waals surface area contributed by atoms with Crippen LogP contribution in [0.3, 0.4) is 0 Å². The summed E-state index contributed by atoms with van der Waals surface area (Å²) < 4.78 is 1.52. The van der Waals surface area contributed by atoms with Crippen LogP contribution >= 0.6 is 0 Å². The van der Waals surface area contributed by atoms with E-state index in [4.69, 9.17) is 5.26 Å². The van der Waals surface area contributed by atoms with Gasteiger partial charge in [-0.2, -0.15) is 5.26 Å². The fourth-order valence-electron chi connectivity index (χ4n) is 2.28. The first-order chi connectivity index (χ1) is 7.13. The van der Waals surface area contributed by atoms with Crippen LogP contribution in [0.4, 0.5) is 0 Å². The van der Waals surface area contributed by atoms with E-state index in [1.165, 1.54) is 10.1 Å². The third-order valence-electron chi connectivity index (χ3n) is 3.14. The molecule has 1 aromatic heterocycles. The molecule has 1 unspecified atom stereocenters. The Bertz CT molecular complexity index is 494. The first-order valence-corrected chi connectivity index (χ1v) is 5.25. The predicted octanol–water partition coefficient (Wildman–Crippen LogP) is 1.38. The normalized spacial score (nSPS) is 19.4.